The van der Waals surface area contributed by atoms with Gasteiger partial charge in [-0.3, -0.25) is 0 Å². The van der Waals surface area contributed by atoms with Crippen LogP contribution in [0.3, 0.4) is 0 Å². The minimum absolute atomic E-state index is 0.812. The van der Waals surface area contributed by atoms with Gasteiger partial charge in [-0.05, 0) is 24.3 Å². The molecule has 0 heterocycles. The normalized spacial score (nSPS) is 10.3. The lowest BCUT2D eigenvalue weighted by Crippen LogP contribution is -1.85. The highest BCUT2D eigenvalue weighted by Crippen LogP contribution is 2.23. The van der Waals surface area contributed by atoms with Gasteiger partial charge in [0.15, 0.2) is 0 Å². The maximum Gasteiger partial charge on any atom is 0.100 e. The van der Waals surface area contributed by atoms with Crippen molar-refractivity contribution in [2.75, 3.05) is 5.75 Å². The number of rotatable bonds is 10. The van der Waals surface area contributed by atoms with Crippen LogP contribution < -0.4 is 0 Å². The van der Waals surface area contributed by atoms with Crippen LogP contribution in [-0.2, 0) is 0 Å². The molecule has 19 heavy (non-hydrogen) atoms. The molecule has 0 fully saturated rings. The second kappa shape index (κ2) is 10.9. The first-order valence-corrected chi connectivity index (χ1v) is 8.49. The van der Waals surface area contributed by atoms with Crippen LogP contribution in [0.1, 0.15) is 63.9 Å². The van der Waals surface area contributed by atoms with Crippen molar-refractivity contribution in [3.05, 3.63) is 29.8 Å². The lowest BCUT2D eigenvalue weighted by Gasteiger charge is -2.04. The molecular weight excluding hydrogens is 250 g/mol. The molecule has 1 nitrogen and oxygen atoms in total. The molecule has 0 amide bonds. The van der Waals surface area contributed by atoms with Crippen molar-refractivity contribution in [1.82, 2.24) is 0 Å². The molecule has 0 bridgehead atoms. The predicted molar refractivity (Wildman–Crippen MR) is 84.5 cm³/mol. The van der Waals surface area contributed by atoms with Gasteiger partial charge in [-0.1, -0.05) is 64.0 Å². The fourth-order valence-corrected chi connectivity index (χ4v) is 3.12. The first kappa shape index (κ1) is 16.1. The molecule has 0 aromatic heterocycles. The molecule has 0 radical (unpaired) electrons. The first-order valence-electron chi connectivity index (χ1n) is 7.50. The third-order valence-corrected chi connectivity index (χ3v) is 4.42. The molecule has 1 aromatic rings. The summed E-state index contributed by atoms with van der Waals surface area (Å²) in [6.07, 6.45) is 10.9. The summed E-state index contributed by atoms with van der Waals surface area (Å²) in [7, 11) is 0. The van der Waals surface area contributed by atoms with E-state index in [9.17, 15) is 0 Å². The van der Waals surface area contributed by atoms with E-state index in [2.05, 4.69) is 13.0 Å². The smallest absolute Gasteiger partial charge is 0.100 e. The molecule has 1 aromatic carbocycles. The Kier molecular flexibility index (Phi) is 9.27. The first-order chi connectivity index (χ1) is 9.38. The van der Waals surface area contributed by atoms with Crippen molar-refractivity contribution in [3.8, 4) is 6.07 Å². The number of nitriles is 1. The van der Waals surface area contributed by atoms with E-state index < -0.39 is 0 Å². The van der Waals surface area contributed by atoms with Gasteiger partial charge in [0.25, 0.3) is 0 Å². The Labute approximate surface area is 122 Å². The van der Waals surface area contributed by atoms with Crippen LogP contribution in [0.15, 0.2) is 29.2 Å². The summed E-state index contributed by atoms with van der Waals surface area (Å²) in [5, 5.41) is 9.00. The minimum Gasteiger partial charge on any atom is -0.192 e. The molecule has 0 unspecified atom stereocenters. The van der Waals surface area contributed by atoms with E-state index in [4.69, 9.17) is 5.26 Å². The average Bonchev–Trinajstić information content (AvgIpc) is 2.46. The van der Waals surface area contributed by atoms with Crippen molar-refractivity contribution in [3.63, 3.8) is 0 Å². The Balaban J connectivity index is 2.03. The topological polar surface area (TPSA) is 23.8 Å². The van der Waals surface area contributed by atoms with Crippen LogP contribution in [0.5, 0.6) is 0 Å². The standard InChI is InChI=1S/C17H25NS/c1-2-3-4-5-6-7-8-11-14-19-17-13-10-9-12-16(17)15-18/h9-10,12-13H,2-8,11,14H2,1H3. The molecule has 0 spiro atoms. The van der Waals surface area contributed by atoms with E-state index in [-0.39, 0.29) is 0 Å². The van der Waals surface area contributed by atoms with Gasteiger partial charge in [-0.15, -0.1) is 11.8 Å². The molecular formula is C17H25NS. The zero-order chi connectivity index (χ0) is 13.8. The molecule has 0 aliphatic carbocycles. The van der Waals surface area contributed by atoms with Crippen LogP contribution in [0.2, 0.25) is 0 Å². The van der Waals surface area contributed by atoms with Crippen molar-refractivity contribution < 1.29 is 0 Å². The number of benzene rings is 1. The summed E-state index contributed by atoms with van der Waals surface area (Å²) in [6, 6.07) is 10.1. The van der Waals surface area contributed by atoms with E-state index in [1.807, 2.05) is 36.0 Å². The Morgan fingerprint density at radius 2 is 1.58 bits per heavy atom. The van der Waals surface area contributed by atoms with Gasteiger partial charge in [-0.25, -0.2) is 0 Å². The van der Waals surface area contributed by atoms with Crippen molar-refractivity contribution in [2.24, 2.45) is 0 Å². The summed E-state index contributed by atoms with van der Waals surface area (Å²) in [6.45, 7) is 2.26. The number of unbranched alkanes of at least 4 members (excludes halogenated alkanes) is 7. The third-order valence-electron chi connectivity index (χ3n) is 3.26. The highest BCUT2D eigenvalue weighted by atomic mass is 32.2. The molecule has 104 valence electrons. The summed E-state index contributed by atoms with van der Waals surface area (Å²) in [5.41, 5.74) is 0.812. The maximum absolute atomic E-state index is 9.00. The lowest BCUT2D eigenvalue weighted by molar-refractivity contribution is 0.586. The molecule has 0 N–H and O–H groups in total. The molecule has 2 heteroatoms. The van der Waals surface area contributed by atoms with Crippen molar-refractivity contribution >= 4 is 11.8 Å². The number of hydrogen-bond acceptors (Lipinski definition) is 2. The Bertz CT molecular complexity index is 381. The molecule has 0 atom stereocenters. The van der Waals surface area contributed by atoms with E-state index >= 15 is 0 Å². The Hall–Kier alpha value is -0.940. The molecule has 0 aliphatic rings. The van der Waals surface area contributed by atoms with Crippen LogP contribution in [0.25, 0.3) is 0 Å². The number of nitrogens with zero attached hydrogens (tertiary/aromatic N) is 1. The molecule has 0 saturated heterocycles. The maximum atomic E-state index is 9.00. The van der Waals surface area contributed by atoms with E-state index in [1.54, 1.807) is 0 Å². The van der Waals surface area contributed by atoms with Gasteiger partial charge in [0.2, 0.25) is 0 Å². The molecule has 0 saturated carbocycles. The second-order valence-electron chi connectivity index (χ2n) is 4.93. The van der Waals surface area contributed by atoms with Crippen molar-refractivity contribution in [1.29, 1.82) is 5.26 Å². The summed E-state index contributed by atoms with van der Waals surface area (Å²) >= 11 is 1.82. The third kappa shape index (κ3) is 7.28. The van der Waals surface area contributed by atoms with Gasteiger partial charge in [0.1, 0.15) is 6.07 Å². The highest BCUT2D eigenvalue weighted by Gasteiger charge is 2.00. The Morgan fingerprint density at radius 1 is 0.947 bits per heavy atom. The van der Waals surface area contributed by atoms with Crippen LogP contribution in [-0.4, -0.2) is 5.75 Å². The molecule has 1 rings (SSSR count). The second-order valence-corrected chi connectivity index (χ2v) is 6.07. The number of hydrogen-bond donors (Lipinski definition) is 0. The summed E-state index contributed by atoms with van der Waals surface area (Å²) in [4.78, 5) is 1.13. The fraction of sp³-hybridized carbons (Fsp3) is 0.588. The van der Waals surface area contributed by atoms with Crippen LogP contribution >= 0.6 is 11.8 Å². The summed E-state index contributed by atoms with van der Waals surface area (Å²) < 4.78 is 0. The van der Waals surface area contributed by atoms with Crippen LogP contribution in [0, 0.1) is 11.3 Å². The van der Waals surface area contributed by atoms with Gasteiger partial charge in [0, 0.05) is 4.90 Å². The summed E-state index contributed by atoms with van der Waals surface area (Å²) in [5.74, 6) is 1.13. The minimum atomic E-state index is 0.812. The van der Waals surface area contributed by atoms with Gasteiger partial charge in [0.05, 0.1) is 5.56 Å². The average molecular weight is 275 g/mol. The highest BCUT2D eigenvalue weighted by molar-refractivity contribution is 7.99. The van der Waals surface area contributed by atoms with E-state index in [1.165, 1.54) is 51.4 Å². The van der Waals surface area contributed by atoms with Gasteiger partial charge < -0.3 is 0 Å². The Morgan fingerprint density at radius 3 is 2.26 bits per heavy atom. The zero-order valence-corrected chi connectivity index (χ0v) is 12.8. The molecule has 0 aliphatic heterocycles. The van der Waals surface area contributed by atoms with Crippen molar-refractivity contribution in [2.45, 2.75) is 63.2 Å². The van der Waals surface area contributed by atoms with E-state index in [0.717, 1.165) is 16.2 Å². The van der Waals surface area contributed by atoms with Crippen LogP contribution in [0.4, 0.5) is 0 Å². The SMILES string of the molecule is CCCCCCCCCCSc1ccccc1C#N. The predicted octanol–water partition coefficient (Wildman–Crippen LogP) is 5.79. The largest absolute Gasteiger partial charge is 0.192 e. The van der Waals surface area contributed by atoms with E-state index in [0.29, 0.717) is 0 Å². The zero-order valence-electron chi connectivity index (χ0n) is 12.0. The monoisotopic (exact) mass is 275 g/mol. The lowest BCUT2D eigenvalue weighted by atomic mass is 10.1. The van der Waals surface area contributed by atoms with Gasteiger partial charge in [-0.2, -0.15) is 5.26 Å². The quantitative estimate of drug-likeness (QED) is 0.398. The van der Waals surface area contributed by atoms with Gasteiger partial charge >= 0.3 is 0 Å². The number of thioether (sulfide) groups is 1. The fourth-order valence-electron chi connectivity index (χ4n) is 2.10.